The molecule has 2 atom stereocenters. The van der Waals surface area contributed by atoms with Crippen LogP contribution < -0.4 is 5.32 Å². The molecule has 2 unspecified atom stereocenters. The Morgan fingerprint density at radius 2 is 2.19 bits per heavy atom. The van der Waals surface area contributed by atoms with E-state index in [1.165, 1.54) is 32.1 Å². The van der Waals surface area contributed by atoms with Crippen LogP contribution in [0.4, 0.5) is 0 Å². The fourth-order valence-electron chi connectivity index (χ4n) is 3.75. The number of aryl methyl sites for hydroxylation is 1. The lowest BCUT2D eigenvalue weighted by Gasteiger charge is -2.20. The smallest absolute Gasteiger partial charge is 0.220 e. The Hall–Kier alpha value is -1.81. The van der Waals surface area contributed by atoms with E-state index < -0.39 is 0 Å². The Bertz CT molecular complexity index is 728. The van der Waals surface area contributed by atoms with Crippen LogP contribution in [0.15, 0.2) is 34.9 Å². The molecule has 26 heavy (non-hydrogen) atoms. The van der Waals surface area contributed by atoms with E-state index in [4.69, 9.17) is 16.0 Å². The molecule has 1 aromatic carbocycles. The van der Waals surface area contributed by atoms with Crippen molar-refractivity contribution in [3.63, 3.8) is 0 Å². The fourth-order valence-corrected chi connectivity index (χ4v) is 3.98. The van der Waals surface area contributed by atoms with Gasteiger partial charge in [0.2, 0.25) is 5.91 Å². The van der Waals surface area contributed by atoms with E-state index in [0.717, 1.165) is 12.0 Å². The highest BCUT2D eigenvalue weighted by atomic mass is 35.5. The highest BCUT2D eigenvalue weighted by Crippen LogP contribution is 2.30. The number of aromatic nitrogens is 1. The van der Waals surface area contributed by atoms with E-state index in [1.54, 1.807) is 6.20 Å². The molecule has 1 heterocycles. The van der Waals surface area contributed by atoms with E-state index in [-0.39, 0.29) is 5.91 Å². The van der Waals surface area contributed by atoms with Crippen molar-refractivity contribution in [3.05, 3.63) is 41.4 Å². The van der Waals surface area contributed by atoms with Crippen molar-refractivity contribution < 1.29 is 9.21 Å². The van der Waals surface area contributed by atoms with Crippen molar-refractivity contribution >= 4 is 17.5 Å². The van der Waals surface area contributed by atoms with Crippen LogP contribution in [0.1, 0.15) is 57.8 Å². The molecule has 1 N–H and O–H groups in total. The summed E-state index contributed by atoms with van der Waals surface area (Å²) in [4.78, 5) is 16.6. The van der Waals surface area contributed by atoms with Gasteiger partial charge in [-0.25, -0.2) is 4.98 Å². The second-order valence-electron chi connectivity index (χ2n) is 7.11. The second-order valence-corrected chi connectivity index (χ2v) is 7.51. The molecule has 140 valence electrons. The Morgan fingerprint density at radius 3 is 3.00 bits per heavy atom. The zero-order valence-electron chi connectivity index (χ0n) is 15.3. The molecule has 1 amide bonds. The van der Waals surface area contributed by atoms with Crippen LogP contribution in [0.2, 0.25) is 5.02 Å². The first-order valence-corrected chi connectivity index (χ1v) is 10.0. The minimum atomic E-state index is 0.0934. The molecular weight excluding hydrogens is 348 g/mol. The number of hydrogen-bond donors (Lipinski definition) is 1. The fraction of sp³-hybridized carbons (Fsp3) is 0.524. The number of halogens is 1. The number of amides is 1. The summed E-state index contributed by atoms with van der Waals surface area (Å²) in [6.07, 6.45) is 9.84. The topological polar surface area (TPSA) is 55.1 Å². The maximum absolute atomic E-state index is 12.3. The zero-order chi connectivity index (χ0) is 18.4. The molecule has 4 nitrogen and oxygen atoms in total. The summed E-state index contributed by atoms with van der Waals surface area (Å²) in [5.41, 5.74) is 0.821. The van der Waals surface area contributed by atoms with Gasteiger partial charge in [-0.05, 0) is 37.3 Å². The van der Waals surface area contributed by atoms with Crippen LogP contribution in [0.3, 0.4) is 0 Å². The summed E-state index contributed by atoms with van der Waals surface area (Å²) in [7, 11) is 0. The van der Waals surface area contributed by atoms with E-state index in [1.807, 2.05) is 24.3 Å². The molecule has 0 spiro atoms. The lowest BCUT2D eigenvalue weighted by Crippen LogP contribution is -2.37. The third kappa shape index (κ3) is 4.88. The molecule has 1 aliphatic rings. The van der Waals surface area contributed by atoms with Gasteiger partial charge in [-0.3, -0.25) is 4.79 Å². The molecule has 1 aliphatic carbocycles. The van der Waals surface area contributed by atoms with Gasteiger partial charge in [0.05, 0.1) is 11.2 Å². The summed E-state index contributed by atoms with van der Waals surface area (Å²) in [5.74, 6) is 1.95. The first kappa shape index (κ1) is 19.0. The SMILES string of the molecule is CCCCC1CCCC1NC(=O)CCc1ncc(-c2ccccc2Cl)o1. The summed E-state index contributed by atoms with van der Waals surface area (Å²) in [6.45, 7) is 2.22. The predicted molar refractivity (Wildman–Crippen MR) is 104 cm³/mol. The molecule has 0 aliphatic heterocycles. The summed E-state index contributed by atoms with van der Waals surface area (Å²) < 4.78 is 5.77. The monoisotopic (exact) mass is 374 g/mol. The summed E-state index contributed by atoms with van der Waals surface area (Å²) >= 11 is 6.19. The summed E-state index contributed by atoms with van der Waals surface area (Å²) in [5, 5.41) is 3.86. The third-order valence-electron chi connectivity index (χ3n) is 5.19. The minimum Gasteiger partial charge on any atom is -0.441 e. The predicted octanol–water partition coefficient (Wildman–Crippen LogP) is 5.40. The van der Waals surface area contributed by atoms with Crippen molar-refractivity contribution in [2.75, 3.05) is 0 Å². The molecule has 1 aromatic heterocycles. The number of carbonyl (C=O) groups excluding carboxylic acids is 1. The average Bonchev–Trinajstić information content (AvgIpc) is 3.28. The number of hydrogen-bond acceptors (Lipinski definition) is 3. The van der Waals surface area contributed by atoms with Crippen LogP contribution in [-0.4, -0.2) is 16.9 Å². The highest BCUT2D eigenvalue weighted by molar-refractivity contribution is 6.33. The largest absolute Gasteiger partial charge is 0.441 e. The summed E-state index contributed by atoms with van der Waals surface area (Å²) in [6, 6.07) is 7.86. The van der Waals surface area contributed by atoms with Crippen molar-refractivity contribution in [3.8, 4) is 11.3 Å². The number of unbranched alkanes of at least 4 members (excludes halogenated alkanes) is 1. The lowest BCUT2D eigenvalue weighted by molar-refractivity contribution is -0.122. The van der Waals surface area contributed by atoms with Gasteiger partial charge in [0.1, 0.15) is 0 Å². The normalized spacial score (nSPS) is 19.6. The Kier molecular flexibility index (Phi) is 6.73. The van der Waals surface area contributed by atoms with E-state index in [0.29, 0.717) is 41.5 Å². The van der Waals surface area contributed by atoms with Gasteiger partial charge < -0.3 is 9.73 Å². The molecule has 2 aromatic rings. The molecular formula is C21H27ClN2O2. The zero-order valence-corrected chi connectivity index (χ0v) is 16.1. The minimum absolute atomic E-state index is 0.0934. The Balaban J connectivity index is 1.50. The lowest BCUT2D eigenvalue weighted by atomic mass is 9.96. The van der Waals surface area contributed by atoms with Gasteiger partial charge in [-0.15, -0.1) is 0 Å². The standard InChI is InChI=1S/C21H27ClN2O2/c1-2-3-7-15-8-6-11-18(15)24-20(25)12-13-21-23-14-19(26-21)16-9-4-5-10-17(16)22/h4-5,9-10,14-15,18H,2-3,6-8,11-13H2,1H3,(H,24,25). The van der Waals surface area contributed by atoms with Gasteiger partial charge in [0.25, 0.3) is 0 Å². The first-order chi connectivity index (χ1) is 12.7. The maximum Gasteiger partial charge on any atom is 0.220 e. The first-order valence-electron chi connectivity index (χ1n) is 9.66. The number of rotatable bonds is 8. The van der Waals surface area contributed by atoms with Gasteiger partial charge in [-0.1, -0.05) is 49.9 Å². The van der Waals surface area contributed by atoms with Gasteiger partial charge in [0.15, 0.2) is 11.7 Å². The van der Waals surface area contributed by atoms with Gasteiger partial charge in [0, 0.05) is 24.4 Å². The van der Waals surface area contributed by atoms with Crippen LogP contribution in [-0.2, 0) is 11.2 Å². The van der Waals surface area contributed by atoms with Crippen LogP contribution >= 0.6 is 11.6 Å². The number of nitrogens with one attached hydrogen (secondary N) is 1. The number of benzene rings is 1. The van der Waals surface area contributed by atoms with Crippen molar-refractivity contribution in [1.29, 1.82) is 0 Å². The molecule has 5 heteroatoms. The van der Waals surface area contributed by atoms with Gasteiger partial charge >= 0.3 is 0 Å². The molecule has 3 rings (SSSR count). The Labute approximate surface area is 160 Å². The van der Waals surface area contributed by atoms with Crippen LogP contribution in [0.5, 0.6) is 0 Å². The van der Waals surface area contributed by atoms with Crippen molar-refractivity contribution in [2.24, 2.45) is 5.92 Å². The maximum atomic E-state index is 12.3. The highest BCUT2D eigenvalue weighted by Gasteiger charge is 2.27. The molecule has 0 saturated heterocycles. The number of carbonyl (C=O) groups is 1. The number of nitrogens with zero attached hydrogens (tertiary/aromatic N) is 1. The molecule has 0 radical (unpaired) electrons. The van der Waals surface area contributed by atoms with E-state index in [9.17, 15) is 4.79 Å². The van der Waals surface area contributed by atoms with Crippen molar-refractivity contribution in [2.45, 2.75) is 64.3 Å². The Morgan fingerprint density at radius 1 is 1.35 bits per heavy atom. The molecule has 1 fully saturated rings. The van der Waals surface area contributed by atoms with Crippen molar-refractivity contribution in [1.82, 2.24) is 10.3 Å². The third-order valence-corrected chi connectivity index (χ3v) is 5.52. The van der Waals surface area contributed by atoms with Crippen LogP contribution in [0.25, 0.3) is 11.3 Å². The molecule has 1 saturated carbocycles. The average molecular weight is 375 g/mol. The molecule has 0 bridgehead atoms. The quantitative estimate of drug-likeness (QED) is 0.672. The second kappa shape index (κ2) is 9.22. The van der Waals surface area contributed by atoms with E-state index in [2.05, 4.69) is 17.2 Å². The van der Waals surface area contributed by atoms with Gasteiger partial charge in [-0.2, -0.15) is 0 Å². The number of oxazole rings is 1. The van der Waals surface area contributed by atoms with Crippen LogP contribution in [0, 0.1) is 5.92 Å². The van der Waals surface area contributed by atoms with E-state index >= 15 is 0 Å².